The second-order valence-electron chi connectivity index (χ2n) is 7.21. The van der Waals surface area contributed by atoms with Gasteiger partial charge in [0.1, 0.15) is 0 Å². The lowest BCUT2D eigenvalue weighted by atomic mass is 9.48. The molecule has 4 fully saturated rings. The highest BCUT2D eigenvalue weighted by atomic mass is 14.6. The first-order valence-electron chi connectivity index (χ1n) is 7.93. The molecular weight excluding hydrogens is 192 g/mol. The van der Waals surface area contributed by atoms with Gasteiger partial charge in [-0.3, -0.25) is 0 Å². The minimum Gasteiger partial charge on any atom is -0.0528 e. The summed E-state index contributed by atoms with van der Waals surface area (Å²) in [4.78, 5) is 0. The van der Waals surface area contributed by atoms with E-state index in [1.165, 1.54) is 35.5 Å². The fourth-order valence-corrected chi connectivity index (χ4v) is 6.28. The molecule has 4 aliphatic rings. The fourth-order valence-electron chi connectivity index (χ4n) is 6.28. The van der Waals surface area contributed by atoms with Gasteiger partial charge >= 0.3 is 0 Å². The maximum absolute atomic E-state index is 1.61. The third kappa shape index (κ3) is 1.34. The average molecular weight is 218 g/mol. The van der Waals surface area contributed by atoms with Crippen molar-refractivity contribution in [3.63, 3.8) is 0 Å². The van der Waals surface area contributed by atoms with Crippen LogP contribution in [0.5, 0.6) is 0 Å². The van der Waals surface area contributed by atoms with Crippen LogP contribution in [0.2, 0.25) is 0 Å². The lowest BCUT2D eigenvalue weighted by Gasteiger charge is -2.57. The molecular formula is C16H26. The Balaban J connectivity index is 1.67. The van der Waals surface area contributed by atoms with Crippen LogP contribution in [-0.4, -0.2) is 0 Å². The molecule has 4 saturated carbocycles. The molecule has 0 nitrogen and oxygen atoms in total. The summed E-state index contributed by atoms with van der Waals surface area (Å²) < 4.78 is 0. The molecule has 90 valence electrons. The maximum atomic E-state index is 1.61. The molecule has 5 unspecified atom stereocenters. The van der Waals surface area contributed by atoms with Crippen LogP contribution in [0.15, 0.2) is 0 Å². The Labute approximate surface area is 100 Å². The zero-order valence-corrected chi connectivity index (χ0v) is 10.5. The van der Waals surface area contributed by atoms with Crippen molar-refractivity contribution in [3.05, 3.63) is 0 Å². The Hall–Kier alpha value is 0. The zero-order chi connectivity index (χ0) is 10.5. The Kier molecular flexibility index (Phi) is 2.34. The summed E-state index contributed by atoms with van der Waals surface area (Å²) >= 11 is 0. The summed E-state index contributed by atoms with van der Waals surface area (Å²) in [5.74, 6) is 7.07. The minimum atomic E-state index is 1.17. The lowest BCUT2D eigenvalue weighted by Crippen LogP contribution is -2.49. The van der Waals surface area contributed by atoms with Gasteiger partial charge in [-0.1, -0.05) is 38.5 Å². The molecule has 0 heteroatoms. The Morgan fingerprint density at radius 3 is 1.00 bits per heavy atom. The van der Waals surface area contributed by atoms with Crippen LogP contribution in [0.4, 0.5) is 0 Å². The van der Waals surface area contributed by atoms with E-state index < -0.39 is 0 Å². The SMILES string of the molecule is C1CC2CCC3CCC[C@H]4CCC(C1)C2C34. The van der Waals surface area contributed by atoms with Crippen LogP contribution >= 0.6 is 0 Å². The quantitative estimate of drug-likeness (QED) is 0.555. The normalized spacial score (nSPS) is 55.5. The standard InChI is InChI=1S/C16H26/c1-3-11-7-9-13-5-2-6-14-10-8-12(4-1)15(11)16(13)14/h11-16H,1-10H2/t11-,12?,13?,14?,15?,16?/m0/s1. The smallest absolute Gasteiger partial charge is 0.0324 e. The van der Waals surface area contributed by atoms with Crippen molar-refractivity contribution in [1.82, 2.24) is 0 Å². The van der Waals surface area contributed by atoms with E-state index in [0.717, 1.165) is 0 Å². The molecule has 0 aromatic carbocycles. The third-order valence-electron chi connectivity index (χ3n) is 6.74. The van der Waals surface area contributed by atoms with E-state index in [0.29, 0.717) is 0 Å². The molecule has 0 aliphatic heterocycles. The van der Waals surface area contributed by atoms with E-state index in [-0.39, 0.29) is 0 Å². The van der Waals surface area contributed by atoms with Gasteiger partial charge in [-0.25, -0.2) is 0 Å². The molecule has 4 aliphatic carbocycles. The molecule has 0 amide bonds. The van der Waals surface area contributed by atoms with E-state index in [1.807, 2.05) is 0 Å². The van der Waals surface area contributed by atoms with Gasteiger partial charge in [-0.15, -0.1) is 0 Å². The molecule has 0 heterocycles. The summed E-state index contributed by atoms with van der Waals surface area (Å²) in [5, 5.41) is 0. The van der Waals surface area contributed by atoms with Crippen LogP contribution in [0.25, 0.3) is 0 Å². The second-order valence-corrected chi connectivity index (χ2v) is 7.21. The van der Waals surface area contributed by atoms with Gasteiger partial charge in [0.2, 0.25) is 0 Å². The summed E-state index contributed by atoms with van der Waals surface area (Å²) in [7, 11) is 0. The van der Waals surface area contributed by atoms with Gasteiger partial charge in [0.15, 0.2) is 0 Å². The van der Waals surface area contributed by atoms with Crippen LogP contribution in [0.1, 0.15) is 64.2 Å². The van der Waals surface area contributed by atoms with Crippen molar-refractivity contribution < 1.29 is 0 Å². The number of hydrogen-bond acceptors (Lipinski definition) is 0. The molecule has 0 bridgehead atoms. The highest BCUT2D eigenvalue weighted by molar-refractivity contribution is 5.00. The summed E-state index contributed by atoms with van der Waals surface area (Å²) in [6.45, 7) is 0. The second kappa shape index (κ2) is 3.75. The zero-order valence-electron chi connectivity index (χ0n) is 10.5. The van der Waals surface area contributed by atoms with E-state index in [2.05, 4.69) is 0 Å². The van der Waals surface area contributed by atoms with Crippen molar-refractivity contribution >= 4 is 0 Å². The molecule has 4 rings (SSSR count). The maximum Gasteiger partial charge on any atom is -0.0324 e. The predicted octanol–water partition coefficient (Wildman–Crippen LogP) is 4.64. The molecule has 0 radical (unpaired) electrons. The Bertz CT molecular complexity index is 217. The van der Waals surface area contributed by atoms with E-state index in [4.69, 9.17) is 0 Å². The highest BCUT2D eigenvalue weighted by Crippen LogP contribution is 2.59. The van der Waals surface area contributed by atoms with Crippen LogP contribution < -0.4 is 0 Å². The monoisotopic (exact) mass is 218 g/mol. The first kappa shape index (κ1) is 9.97. The largest absolute Gasteiger partial charge is 0.0528 e. The van der Waals surface area contributed by atoms with Gasteiger partial charge in [-0.05, 0) is 61.2 Å². The number of hydrogen-bond donors (Lipinski definition) is 0. The van der Waals surface area contributed by atoms with Crippen molar-refractivity contribution in [2.45, 2.75) is 64.2 Å². The average Bonchev–Trinajstić information content (AvgIpc) is 2.36. The molecule has 0 aromatic rings. The van der Waals surface area contributed by atoms with Gasteiger partial charge in [0.25, 0.3) is 0 Å². The molecule has 0 spiro atoms. The van der Waals surface area contributed by atoms with Gasteiger partial charge < -0.3 is 0 Å². The van der Waals surface area contributed by atoms with Crippen LogP contribution in [-0.2, 0) is 0 Å². The highest BCUT2D eigenvalue weighted by Gasteiger charge is 2.50. The van der Waals surface area contributed by atoms with E-state index in [1.54, 1.807) is 64.2 Å². The first-order valence-corrected chi connectivity index (χ1v) is 7.93. The molecule has 0 N–H and O–H groups in total. The van der Waals surface area contributed by atoms with Gasteiger partial charge in [0, 0.05) is 0 Å². The molecule has 6 atom stereocenters. The van der Waals surface area contributed by atoms with Crippen molar-refractivity contribution in [2.24, 2.45) is 35.5 Å². The molecule has 16 heavy (non-hydrogen) atoms. The summed E-state index contributed by atoms with van der Waals surface area (Å²) in [5.41, 5.74) is 0. The predicted molar refractivity (Wildman–Crippen MR) is 67.1 cm³/mol. The lowest BCUT2D eigenvalue weighted by molar-refractivity contribution is -0.0760. The summed E-state index contributed by atoms with van der Waals surface area (Å²) in [6, 6.07) is 0. The van der Waals surface area contributed by atoms with E-state index >= 15 is 0 Å². The first-order chi connectivity index (χ1) is 7.93. The fraction of sp³-hybridized carbons (Fsp3) is 1.00. The number of rotatable bonds is 0. The molecule has 0 aromatic heterocycles. The Morgan fingerprint density at radius 2 is 0.688 bits per heavy atom. The van der Waals surface area contributed by atoms with Crippen molar-refractivity contribution in [1.29, 1.82) is 0 Å². The summed E-state index contributed by atoms with van der Waals surface area (Å²) in [6.07, 6.45) is 15.9. The van der Waals surface area contributed by atoms with Gasteiger partial charge in [-0.2, -0.15) is 0 Å². The van der Waals surface area contributed by atoms with E-state index in [9.17, 15) is 0 Å². The third-order valence-corrected chi connectivity index (χ3v) is 6.74. The van der Waals surface area contributed by atoms with Crippen molar-refractivity contribution in [3.8, 4) is 0 Å². The van der Waals surface area contributed by atoms with Crippen molar-refractivity contribution in [2.75, 3.05) is 0 Å². The Morgan fingerprint density at radius 1 is 0.375 bits per heavy atom. The van der Waals surface area contributed by atoms with Crippen LogP contribution in [0, 0.1) is 35.5 Å². The topological polar surface area (TPSA) is 0 Å². The molecule has 0 saturated heterocycles. The minimum absolute atomic E-state index is 1.17. The van der Waals surface area contributed by atoms with Gasteiger partial charge in [0.05, 0.1) is 0 Å². The van der Waals surface area contributed by atoms with Crippen LogP contribution in [0.3, 0.4) is 0 Å².